The second-order valence-corrected chi connectivity index (χ2v) is 6.70. The highest BCUT2D eigenvalue weighted by molar-refractivity contribution is 5.74. The number of hydrogen-bond acceptors (Lipinski definition) is 3. The van der Waals surface area contributed by atoms with Crippen LogP contribution in [-0.4, -0.2) is 41.6 Å². The van der Waals surface area contributed by atoms with Gasteiger partial charge in [-0.05, 0) is 63.1 Å². The van der Waals surface area contributed by atoms with Crippen LogP contribution in [0.25, 0.3) is 0 Å². The van der Waals surface area contributed by atoms with E-state index in [1.54, 1.807) is 0 Å². The van der Waals surface area contributed by atoms with Gasteiger partial charge in [0.25, 0.3) is 0 Å². The number of carbonyl (C=O) groups is 1. The molecule has 1 aromatic heterocycles. The Balaban J connectivity index is 1.59. The fraction of sp³-hybridized carbons (Fsp3) is 0.667. The molecule has 0 radical (unpaired) electrons. The lowest BCUT2D eigenvalue weighted by Gasteiger charge is -2.21. The van der Waals surface area contributed by atoms with E-state index >= 15 is 0 Å². The Morgan fingerprint density at radius 1 is 1.39 bits per heavy atom. The molecule has 1 aliphatic heterocycles. The lowest BCUT2D eigenvalue weighted by atomic mass is 9.91. The third kappa shape index (κ3) is 3.83. The zero-order valence-corrected chi connectivity index (χ0v) is 14.3. The number of hydrogen-bond donors (Lipinski definition) is 2. The molecule has 1 atom stereocenters. The molecule has 0 aromatic carbocycles. The van der Waals surface area contributed by atoms with E-state index in [9.17, 15) is 4.79 Å². The fourth-order valence-corrected chi connectivity index (χ4v) is 3.73. The Hall–Kier alpha value is -1.62. The summed E-state index contributed by atoms with van der Waals surface area (Å²) in [6.45, 7) is 7.27. The van der Waals surface area contributed by atoms with E-state index in [4.69, 9.17) is 4.98 Å². The first-order valence-electron chi connectivity index (χ1n) is 8.91. The number of nitrogens with one attached hydrogen (secondary N) is 2. The summed E-state index contributed by atoms with van der Waals surface area (Å²) < 4.78 is 0. The minimum Gasteiger partial charge on any atom is -0.338 e. The van der Waals surface area contributed by atoms with Crippen molar-refractivity contribution in [2.45, 2.75) is 58.5 Å². The first-order valence-corrected chi connectivity index (χ1v) is 8.91. The van der Waals surface area contributed by atoms with Crippen molar-refractivity contribution >= 4 is 6.03 Å². The number of nitrogens with zero attached hydrogens (tertiary/aromatic N) is 2. The van der Waals surface area contributed by atoms with E-state index in [-0.39, 0.29) is 6.03 Å². The summed E-state index contributed by atoms with van der Waals surface area (Å²) in [6, 6.07) is 2.69. The van der Waals surface area contributed by atoms with Crippen LogP contribution < -0.4 is 10.6 Å². The molecule has 1 fully saturated rings. The van der Waals surface area contributed by atoms with Gasteiger partial charge in [-0.2, -0.15) is 0 Å². The average molecular weight is 316 g/mol. The van der Waals surface area contributed by atoms with Crippen LogP contribution in [-0.2, 0) is 19.4 Å². The highest BCUT2D eigenvalue weighted by Crippen LogP contribution is 2.24. The van der Waals surface area contributed by atoms with Gasteiger partial charge in [0.15, 0.2) is 0 Å². The number of pyridine rings is 1. The molecule has 2 heterocycles. The molecule has 23 heavy (non-hydrogen) atoms. The predicted molar refractivity (Wildman–Crippen MR) is 91.5 cm³/mol. The molecule has 0 bridgehead atoms. The van der Waals surface area contributed by atoms with E-state index in [1.165, 1.54) is 29.7 Å². The monoisotopic (exact) mass is 316 g/mol. The molecular formula is C18H28N4O. The quantitative estimate of drug-likeness (QED) is 0.895. The second-order valence-electron chi connectivity index (χ2n) is 6.70. The van der Waals surface area contributed by atoms with Gasteiger partial charge in [0.05, 0.1) is 0 Å². The molecule has 1 saturated heterocycles. The van der Waals surface area contributed by atoms with Crippen molar-refractivity contribution in [3.63, 3.8) is 0 Å². The molecule has 1 aromatic rings. The van der Waals surface area contributed by atoms with Gasteiger partial charge in [0, 0.05) is 43.6 Å². The van der Waals surface area contributed by atoms with Crippen molar-refractivity contribution in [1.82, 2.24) is 20.5 Å². The molecule has 1 unspecified atom stereocenters. The number of aromatic nitrogens is 1. The molecule has 0 spiro atoms. The summed E-state index contributed by atoms with van der Waals surface area (Å²) in [7, 11) is 0. The average Bonchev–Trinajstić information content (AvgIpc) is 3.02. The Bertz CT molecular complexity index is 572. The number of urea groups is 1. The SMILES string of the molecule is CCNC(=O)N1CCC(NCc2cc(C)nc3c2CCCC3)C1. The number of amides is 2. The summed E-state index contributed by atoms with van der Waals surface area (Å²) in [6.07, 6.45) is 5.86. The molecule has 5 heteroatoms. The maximum absolute atomic E-state index is 11.9. The van der Waals surface area contributed by atoms with Crippen molar-refractivity contribution in [2.75, 3.05) is 19.6 Å². The zero-order valence-electron chi connectivity index (χ0n) is 14.3. The Kier molecular flexibility index (Phi) is 5.16. The maximum atomic E-state index is 11.9. The van der Waals surface area contributed by atoms with Crippen molar-refractivity contribution < 1.29 is 4.79 Å². The van der Waals surface area contributed by atoms with Gasteiger partial charge in [-0.1, -0.05) is 0 Å². The van der Waals surface area contributed by atoms with Gasteiger partial charge < -0.3 is 15.5 Å². The van der Waals surface area contributed by atoms with E-state index < -0.39 is 0 Å². The van der Waals surface area contributed by atoms with Gasteiger partial charge in [-0.3, -0.25) is 4.98 Å². The zero-order chi connectivity index (χ0) is 16.2. The molecular weight excluding hydrogens is 288 g/mol. The normalized spacial score (nSPS) is 20.4. The van der Waals surface area contributed by atoms with E-state index in [2.05, 4.69) is 23.6 Å². The van der Waals surface area contributed by atoms with Crippen LogP contribution in [0.4, 0.5) is 4.79 Å². The number of likely N-dealkylation sites (tertiary alicyclic amines) is 1. The van der Waals surface area contributed by atoms with Crippen LogP contribution in [0.2, 0.25) is 0 Å². The molecule has 2 amide bonds. The van der Waals surface area contributed by atoms with Crippen molar-refractivity contribution in [3.8, 4) is 0 Å². The fourth-order valence-electron chi connectivity index (χ4n) is 3.73. The van der Waals surface area contributed by atoms with Crippen LogP contribution in [0.1, 0.15) is 48.7 Å². The van der Waals surface area contributed by atoms with Gasteiger partial charge >= 0.3 is 6.03 Å². The highest BCUT2D eigenvalue weighted by atomic mass is 16.2. The molecule has 2 N–H and O–H groups in total. The molecule has 2 aliphatic rings. The predicted octanol–water partition coefficient (Wildman–Crippen LogP) is 2.16. The third-order valence-electron chi connectivity index (χ3n) is 4.91. The van der Waals surface area contributed by atoms with Gasteiger partial charge in [0.2, 0.25) is 0 Å². The standard InChI is InChI=1S/C18H28N4O/c1-3-19-18(23)22-9-8-15(12-22)20-11-14-10-13(2)21-17-7-5-4-6-16(14)17/h10,15,20H,3-9,11-12H2,1-2H3,(H,19,23). The largest absolute Gasteiger partial charge is 0.338 e. The van der Waals surface area contributed by atoms with Gasteiger partial charge in [0.1, 0.15) is 0 Å². The molecule has 0 saturated carbocycles. The third-order valence-corrected chi connectivity index (χ3v) is 4.91. The van der Waals surface area contributed by atoms with Gasteiger partial charge in [-0.25, -0.2) is 4.79 Å². The minimum absolute atomic E-state index is 0.0638. The lowest BCUT2D eigenvalue weighted by Crippen LogP contribution is -2.40. The first-order chi connectivity index (χ1) is 11.2. The Morgan fingerprint density at radius 3 is 3.04 bits per heavy atom. The van der Waals surface area contributed by atoms with Gasteiger partial charge in [-0.15, -0.1) is 0 Å². The smallest absolute Gasteiger partial charge is 0.317 e. The van der Waals surface area contributed by atoms with E-state index in [0.717, 1.165) is 44.6 Å². The number of aryl methyl sites for hydroxylation is 2. The summed E-state index contributed by atoms with van der Waals surface area (Å²) in [4.78, 5) is 18.5. The summed E-state index contributed by atoms with van der Waals surface area (Å²) >= 11 is 0. The highest BCUT2D eigenvalue weighted by Gasteiger charge is 2.26. The van der Waals surface area contributed by atoms with Crippen molar-refractivity contribution in [2.24, 2.45) is 0 Å². The molecule has 126 valence electrons. The topological polar surface area (TPSA) is 57.3 Å². The Morgan fingerprint density at radius 2 is 2.22 bits per heavy atom. The number of carbonyl (C=O) groups excluding carboxylic acids is 1. The van der Waals surface area contributed by atoms with Crippen LogP contribution in [0, 0.1) is 6.92 Å². The number of fused-ring (bicyclic) bond motifs is 1. The lowest BCUT2D eigenvalue weighted by molar-refractivity contribution is 0.208. The summed E-state index contributed by atoms with van der Waals surface area (Å²) in [5, 5.41) is 6.53. The number of rotatable bonds is 4. The Labute approximate surface area is 138 Å². The van der Waals surface area contributed by atoms with Crippen molar-refractivity contribution in [1.29, 1.82) is 0 Å². The first kappa shape index (κ1) is 16.2. The van der Waals surface area contributed by atoms with Crippen LogP contribution in [0.3, 0.4) is 0 Å². The van der Waals surface area contributed by atoms with Crippen LogP contribution >= 0.6 is 0 Å². The minimum atomic E-state index is 0.0638. The maximum Gasteiger partial charge on any atom is 0.317 e. The van der Waals surface area contributed by atoms with E-state index in [0.29, 0.717) is 12.6 Å². The molecule has 5 nitrogen and oxygen atoms in total. The molecule has 3 rings (SSSR count). The molecule has 1 aliphatic carbocycles. The summed E-state index contributed by atoms with van der Waals surface area (Å²) in [5.74, 6) is 0. The van der Waals surface area contributed by atoms with Crippen molar-refractivity contribution in [3.05, 3.63) is 28.6 Å². The van der Waals surface area contributed by atoms with Crippen LogP contribution in [0.5, 0.6) is 0 Å². The van der Waals surface area contributed by atoms with Crippen LogP contribution in [0.15, 0.2) is 6.07 Å². The summed E-state index contributed by atoms with van der Waals surface area (Å²) in [5.41, 5.74) is 5.30. The second kappa shape index (κ2) is 7.30. The van der Waals surface area contributed by atoms with E-state index in [1.807, 2.05) is 11.8 Å².